The van der Waals surface area contributed by atoms with Crippen molar-refractivity contribution in [1.29, 1.82) is 0 Å². The molecule has 0 spiro atoms. The summed E-state index contributed by atoms with van der Waals surface area (Å²) in [6.07, 6.45) is 0.597. The number of ether oxygens (including phenoxy) is 1. The van der Waals surface area contributed by atoms with Crippen molar-refractivity contribution in [2.24, 2.45) is 0 Å². The molecule has 80 valence electrons. The minimum absolute atomic E-state index is 0.236. The number of halogens is 1. The first-order valence-corrected chi connectivity index (χ1v) is 4.73. The molecule has 2 N–H and O–H groups in total. The van der Waals surface area contributed by atoms with E-state index < -0.39 is 5.82 Å². The quantitative estimate of drug-likeness (QED) is 0.469. The van der Waals surface area contributed by atoms with Crippen molar-refractivity contribution in [2.45, 2.75) is 20.3 Å². The Morgan fingerprint density at radius 2 is 2.20 bits per heavy atom. The Balaban J connectivity index is 2.67. The molecule has 2 nitrogen and oxygen atoms in total. The Kier molecular flexibility index (Phi) is 3.99. The number of benzene rings is 1. The molecule has 1 aromatic carbocycles. The van der Waals surface area contributed by atoms with E-state index in [2.05, 4.69) is 11.8 Å². The van der Waals surface area contributed by atoms with Gasteiger partial charge in [-0.3, -0.25) is 0 Å². The number of nitrogens with two attached hydrogens (primary N) is 1. The first-order chi connectivity index (χ1) is 7.15. The van der Waals surface area contributed by atoms with E-state index in [0.717, 1.165) is 5.56 Å². The lowest BCUT2D eigenvalue weighted by atomic mass is 10.2. The first-order valence-electron chi connectivity index (χ1n) is 4.73. The maximum atomic E-state index is 13.3. The summed E-state index contributed by atoms with van der Waals surface area (Å²) in [7, 11) is 0. The van der Waals surface area contributed by atoms with Crippen molar-refractivity contribution < 1.29 is 9.13 Å². The summed E-state index contributed by atoms with van der Waals surface area (Å²) < 4.78 is 18.5. The third kappa shape index (κ3) is 3.17. The number of aryl methyl sites for hydroxylation is 1. The summed E-state index contributed by atoms with van der Waals surface area (Å²) in [5, 5.41) is 0. The Bertz CT molecular complexity index is 404. The van der Waals surface area contributed by atoms with Crippen molar-refractivity contribution in [1.82, 2.24) is 0 Å². The molecule has 0 bridgehead atoms. The molecule has 1 rings (SSSR count). The van der Waals surface area contributed by atoms with E-state index in [1.807, 2.05) is 6.92 Å². The highest BCUT2D eigenvalue weighted by atomic mass is 19.1. The van der Waals surface area contributed by atoms with Gasteiger partial charge in [-0.1, -0.05) is 0 Å². The maximum Gasteiger partial charge on any atom is 0.167 e. The topological polar surface area (TPSA) is 35.2 Å². The fourth-order valence-electron chi connectivity index (χ4n) is 1.12. The third-order valence-corrected chi connectivity index (χ3v) is 1.98. The highest BCUT2D eigenvalue weighted by Crippen LogP contribution is 2.23. The van der Waals surface area contributed by atoms with Crippen LogP contribution in [-0.4, -0.2) is 6.61 Å². The molecule has 0 aliphatic rings. The van der Waals surface area contributed by atoms with Gasteiger partial charge < -0.3 is 10.5 Å². The molecule has 3 heteroatoms. The molecule has 0 radical (unpaired) electrons. The summed E-state index contributed by atoms with van der Waals surface area (Å²) in [6.45, 7) is 3.96. The second kappa shape index (κ2) is 5.26. The summed E-state index contributed by atoms with van der Waals surface area (Å²) >= 11 is 0. The number of nitrogen functional groups attached to an aromatic ring is 1. The monoisotopic (exact) mass is 207 g/mol. The van der Waals surface area contributed by atoms with Gasteiger partial charge in [0.05, 0.1) is 6.61 Å². The van der Waals surface area contributed by atoms with Gasteiger partial charge in [0, 0.05) is 18.2 Å². The van der Waals surface area contributed by atoms with Crippen molar-refractivity contribution in [3.05, 3.63) is 23.5 Å². The van der Waals surface area contributed by atoms with Gasteiger partial charge in [-0.2, -0.15) is 0 Å². The number of anilines is 1. The predicted octanol–water partition coefficient (Wildman–Crippen LogP) is 2.51. The zero-order valence-corrected chi connectivity index (χ0v) is 8.93. The van der Waals surface area contributed by atoms with Gasteiger partial charge in [0.25, 0.3) is 0 Å². The van der Waals surface area contributed by atoms with Crippen LogP contribution in [-0.2, 0) is 0 Å². The second-order valence-corrected chi connectivity index (χ2v) is 3.16. The van der Waals surface area contributed by atoms with E-state index in [0.29, 0.717) is 18.7 Å². The normalized spacial score (nSPS) is 9.27. The number of hydrogen-bond donors (Lipinski definition) is 1. The minimum atomic E-state index is -0.428. The Morgan fingerprint density at radius 3 is 2.87 bits per heavy atom. The Morgan fingerprint density at radius 1 is 1.47 bits per heavy atom. The van der Waals surface area contributed by atoms with Crippen molar-refractivity contribution in [3.63, 3.8) is 0 Å². The van der Waals surface area contributed by atoms with Crippen LogP contribution in [0.25, 0.3) is 0 Å². The van der Waals surface area contributed by atoms with Crippen LogP contribution in [0.3, 0.4) is 0 Å². The van der Waals surface area contributed by atoms with Gasteiger partial charge in [-0.25, -0.2) is 4.39 Å². The molecule has 0 saturated carbocycles. The molecule has 1 aromatic rings. The van der Waals surface area contributed by atoms with Crippen LogP contribution >= 0.6 is 0 Å². The van der Waals surface area contributed by atoms with Gasteiger partial charge in [0.2, 0.25) is 0 Å². The highest BCUT2D eigenvalue weighted by Gasteiger charge is 2.05. The average Bonchev–Trinajstić information content (AvgIpc) is 2.20. The van der Waals surface area contributed by atoms with Gasteiger partial charge >= 0.3 is 0 Å². The smallest absolute Gasteiger partial charge is 0.167 e. The number of rotatable bonds is 3. The van der Waals surface area contributed by atoms with E-state index in [-0.39, 0.29) is 5.75 Å². The molecule has 0 fully saturated rings. The molecular weight excluding hydrogens is 193 g/mol. The van der Waals surface area contributed by atoms with Gasteiger partial charge in [-0.05, 0) is 25.5 Å². The molecule has 0 aliphatic carbocycles. The van der Waals surface area contributed by atoms with Gasteiger partial charge in [-0.15, -0.1) is 11.8 Å². The number of hydrogen-bond acceptors (Lipinski definition) is 2. The van der Waals surface area contributed by atoms with Crippen LogP contribution in [0.5, 0.6) is 5.75 Å². The van der Waals surface area contributed by atoms with Crippen LogP contribution in [0, 0.1) is 24.6 Å². The first kappa shape index (κ1) is 11.4. The lowest BCUT2D eigenvalue weighted by molar-refractivity contribution is 0.310. The van der Waals surface area contributed by atoms with E-state index in [1.165, 1.54) is 6.07 Å². The van der Waals surface area contributed by atoms with Crippen LogP contribution in [0.15, 0.2) is 12.1 Å². The zero-order chi connectivity index (χ0) is 11.3. The van der Waals surface area contributed by atoms with Crippen LogP contribution in [0.1, 0.15) is 18.9 Å². The average molecular weight is 207 g/mol. The third-order valence-electron chi connectivity index (χ3n) is 1.98. The lowest BCUT2D eigenvalue weighted by Crippen LogP contribution is -2.00. The minimum Gasteiger partial charge on any atom is -0.490 e. The van der Waals surface area contributed by atoms with E-state index in [9.17, 15) is 4.39 Å². The molecule has 0 aromatic heterocycles. The molecule has 0 heterocycles. The highest BCUT2D eigenvalue weighted by molar-refractivity contribution is 5.50. The fourth-order valence-corrected chi connectivity index (χ4v) is 1.12. The molecule has 0 atom stereocenters. The standard InChI is InChI=1S/C12H14FNO/c1-3-4-5-6-15-12-7-9(2)11(14)8-10(12)13/h7-8H,5-6,14H2,1-2H3. The molecule has 0 amide bonds. The van der Waals surface area contributed by atoms with E-state index in [4.69, 9.17) is 10.5 Å². The van der Waals surface area contributed by atoms with Crippen LogP contribution in [0.4, 0.5) is 10.1 Å². The largest absolute Gasteiger partial charge is 0.490 e. The van der Waals surface area contributed by atoms with Crippen molar-refractivity contribution in [2.75, 3.05) is 12.3 Å². The van der Waals surface area contributed by atoms with Gasteiger partial charge in [0.15, 0.2) is 11.6 Å². The summed E-state index contributed by atoms with van der Waals surface area (Å²) in [4.78, 5) is 0. The SMILES string of the molecule is CC#CCCOc1cc(C)c(N)cc1F. The molecule has 0 unspecified atom stereocenters. The molecule has 0 saturated heterocycles. The fraction of sp³-hybridized carbons (Fsp3) is 0.333. The summed E-state index contributed by atoms with van der Waals surface area (Å²) in [5.41, 5.74) is 6.80. The molecule has 15 heavy (non-hydrogen) atoms. The maximum absolute atomic E-state index is 13.3. The summed E-state index contributed by atoms with van der Waals surface area (Å²) in [6, 6.07) is 2.88. The zero-order valence-electron chi connectivity index (χ0n) is 8.93. The lowest BCUT2D eigenvalue weighted by Gasteiger charge is -2.08. The Hall–Kier alpha value is -1.69. The summed E-state index contributed by atoms with van der Waals surface area (Å²) in [5.74, 6) is 5.39. The predicted molar refractivity (Wildman–Crippen MR) is 59.1 cm³/mol. The van der Waals surface area contributed by atoms with Gasteiger partial charge in [0.1, 0.15) is 0 Å². The van der Waals surface area contributed by atoms with Crippen LogP contribution in [0.2, 0.25) is 0 Å². The Labute approximate surface area is 89.2 Å². The second-order valence-electron chi connectivity index (χ2n) is 3.16. The molecule has 0 aliphatic heterocycles. The van der Waals surface area contributed by atoms with Crippen molar-refractivity contribution >= 4 is 5.69 Å². The van der Waals surface area contributed by atoms with E-state index >= 15 is 0 Å². The van der Waals surface area contributed by atoms with E-state index in [1.54, 1.807) is 13.0 Å². The van der Waals surface area contributed by atoms with Crippen LogP contribution < -0.4 is 10.5 Å². The molecular formula is C12H14FNO. The van der Waals surface area contributed by atoms with Crippen molar-refractivity contribution in [3.8, 4) is 17.6 Å².